The van der Waals surface area contributed by atoms with Gasteiger partial charge in [-0.3, -0.25) is 18.6 Å². The van der Waals surface area contributed by atoms with Gasteiger partial charge in [0.25, 0.3) is 0 Å². The first-order valence-corrected chi connectivity index (χ1v) is 27.0. The molecule has 0 aromatic heterocycles. The highest BCUT2D eigenvalue weighted by Crippen LogP contribution is 2.42. The van der Waals surface area contributed by atoms with Crippen molar-refractivity contribution in [2.24, 2.45) is 0 Å². The van der Waals surface area contributed by atoms with Crippen molar-refractivity contribution in [1.82, 2.24) is 5.32 Å². The van der Waals surface area contributed by atoms with Gasteiger partial charge < -0.3 is 20.1 Å². The Morgan fingerprint density at radius 3 is 1.36 bits per heavy atom. The number of nitrogens with one attached hydrogen (secondary N) is 1. The van der Waals surface area contributed by atoms with E-state index in [1.54, 1.807) is 0 Å². The van der Waals surface area contributed by atoms with Crippen molar-refractivity contribution in [3.63, 3.8) is 0 Å². The molecule has 3 N–H and O–H groups in total. The highest BCUT2D eigenvalue weighted by molar-refractivity contribution is 7.47. The summed E-state index contributed by atoms with van der Waals surface area (Å²) in [7, 11) is -4.42. The van der Waals surface area contributed by atoms with Gasteiger partial charge in [0.1, 0.15) is 12.7 Å². The zero-order valence-electron chi connectivity index (χ0n) is 39.6. The monoisotopic (exact) mass is 882 g/mol. The second-order valence-corrected chi connectivity index (χ2v) is 18.6. The van der Waals surface area contributed by atoms with Crippen LogP contribution in [-0.2, 0) is 27.9 Å². The Hall–Kier alpha value is -1.77. The number of esters is 1. The second kappa shape index (κ2) is 47.7. The topological polar surface area (TPSA) is 131 Å². The molecule has 0 aliphatic rings. The van der Waals surface area contributed by atoms with Gasteiger partial charge in [0.15, 0.2) is 0 Å². The first-order valence-electron chi connectivity index (χ1n) is 25.5. The van der Waals surface area contributed by atoms with Crippen LogP contribution in [0.15, 0.2) is 36.5 Å². The van der Waals surface area contributed by atoms with E-state index in [4.69, 9.17) is 13.8 Å². The molecule has 358 valence electrons. The van der Waals surface area contributed by atoms with Crippen molar-refractivity contribution < 1.29 is 37.9 Å². The largest absolute Gasteiger partial charge is 0.472 e. The molecular formula is C51H96NO8P. The zero-order valence-corrected chi connectivity index (χ0v) is 40.5. The minimum Gasteiger partial charge on any atom is -0.463 e. The standard InChI is InChI=1S/C51H96NO8P/c1-3-5-7-9-11-13-15-17-19-21-22-23-24-25-26-28-30-32-34-36-38-40-42-44-51(55)58-47-49(53)48-60-61(56,57)59-46-45-52-50(54)43-41-39-37-35-33-31-29-27-20-18-16-14-12-10-8-6-4-2/h11,13,17-20,49,53H,3-10,12,14-16,21-48H2,1-2H3,(H,52,54)(H,56,57)/b13-11-,19-17-,20-18-. The van der Waals surface area contributed by atoms with Crippen LogP contribution < -0.4 is 5.32 Å². The fourth-order valence-electron chi connectivity index (χ4n) is 7.17. The quantitative estimate of drug-likeness (QED) is 0.0238. The molecule has 61 heavy (non-hydrogen) atoms. The number of carbonyl (C=O) groups is 2. The summed E-state index contributed by atoms with van der Waals surface area (Å²) in [4.78, 5) is 34.0. The summed E-state index contributed by atoms with van der Waals surface area (Å²) in [5.74, 6) is -0.515. The summed E-state index contributed by atoms with van der Waals surface area (Å²) in [5.41, 5.74) is 0. The number of phosphoric ester groups is 1. The van der Waals surface area contributed by atoms with E-state index in [-0.39, 0.29) is 32.1 Å². The third kappa shape index (κ3) is 49.1. The molecule has 0 heterocycles. The Bertz CT molecular complexity index is 1100. The van der Waals surface area contributed by atoms with Gasteiger partial charge in [0.05, 0.1) is 13.2 Å². The van der Waals surface area contributed by atoms with Gasteiger partial charge in [0, 0.05) is 19.4 Å². The maximum Gasteiger partial charge on any atom is 0.472 e. The number of aliphatic hydroxyl groups excluding tert-OH is 1. The highest BCUT2D eigenvalue weighted by Gasteiger charge is 2.23. The molecule has 0 saturated carbocycles. The summed E-state index contributed by atoms with van der Waals surface area (Å²) in [5, 5.41) is 12.7. The molecule has 0 rings (SSSR count). The summed E-state index contributed by atoms with van der Waals surface area (Å²) in [6.07, 6.45) is 55.1. The molecule has 0 radical (unpaired) electrons. The molecule has 0 aliphatic carbocycles. The lowest BCUT2D eigenvalue weighted by Crippen LogP contribution is -2.27. The fraction of sp³-hybridized carbons (Fsp3) is 0.843. The smallest absolute Gasteiger partial charge is 0.463 e. The number of phosphoric acid groups is 1. The molecular weight excluding hydrogens is 786 g/mol. The summed E-state index contributed by atoms with van der Waals surface area (Å²) in [6, 6.07) is 0. The van der Waals surface area contributed by atoms with Gasteiger partial charge in [-0.15, -0.1) is 0 Å². The molecule has 10 heteroatoms. The minimum atomic E-state index is -4.42. The van der Waals surface area contributed by atoms with Gasteiger partial charge in [-0.05, 0) is 70.6 Å². The zero-order chi connectivity index (χ0) is 44.6. The van der Waals surface area contributed by atoms with E-state index >= 15 is 0 Å². The van der Waals surface area contributed by atoms with Crippen molar-refractivity contribution in [3.05, 3.63) is 36.5 Å². The van der Waals surface area contributed by atoms with E-state index in [1.165, 1.54) is 173 Å². The van der Waals surface area contributed by atoms with Crippen molar-refractivity contribution in [3.8, 4) is 0 Å². The van der Waals surface area contributed by atoms with Crippen molar-refractivity contribution >= 4 is 19.7 Å². The van der Waals surface area contributed by atoms with Crippen LogP contribution in [0.5, 0.6) is 0 Å². The average Bonchev–Trinajstić information content (AvgIpc) is 3.25. The van der Waals surface area contributed by atoms with Crippen molar-refractivity contribution in [1.29, 1.82) is 0 Å². The van der Waals surface area contributed by atoms with Crippen LogP contribution in [0.1, 0.15) is 245 Å². The number of hydrogen-bond donors (Lipinski definition) is 3. The van der Waals surface area contributed by atoms with E-state index in [2.05, 4.69) is 55.6 Å². The second-order valence-electron chi connectivity index (χ2n) is 17.1. The number of unbranched alkanes of at least 4 members (excludes halogenated alkanes) is 29. The van der Waals surface area contributed by atoms with E-state index in [1.807, 2.05) is 0 Å². The molecule has 0 saturated heterocycles. The van der Waals surface area contributed by atoms with Crippen LogP contribution in [0, 0.1) is 0 Å². The lowest BCUT2D eigenvalue weighted by Gasteiger charge is -2.15. The molecule has 0 aromatic carbocycles. The molecule has 1 amide bonds. The maximum atomic E-state index is 12.1. The Balaban J connectivity index is 3.54. The molecule has 0 aromatic rings. The third-order valence-electron chi connectivity index (χ3n) is 11.0. The predicted molar refractivity (Wildman–Crippen MR) is 257 cm³/mol. The molecule has 0 aliphatic heterocycles. The highest BCUT2D eigenvalue weighted by atomic mass is 31.2. The minimum absolute atomic E-state index is 0.0807. The molecule has 0 spiro atoms. The van der Waals surface area contributed by atoms with Crippen LogP contribution in [0.3, 0.4) is 0 Å². The number of aliphatic hydroxyl groups is 1. The fourth-order valence-corrected chi connectivity index (χ4v) is 7.93. The number of carbonyl (C=O) groups excluding carboxylic acids is 2. The van der Waals surface area contributed by atoms with Gasteiger partial charge in [-0.25, -0.2) is 4.57 Å². The van der Waals surface area contributed by atoms with Crippen molar-refractivity contribution in [2.75, 3.05) is 26.4 Å². The third-order valence-corrected chi connectivity index (χ3v) is 12.0. The van der Waals surface area contributed by atoms with Crippen molar-refractivity contribution in [2.45, 2.75) is 251 Å². The Kier molecular flexibility index (Phi) is 46.3. The van der Waals surface area contributed by atoms with E-state index in [9.17, 15) is 24.2 Å². The van der Waals surface area contributed by atoms with Crippen LogP contribution >= 0.6 is 7.82 Å². The molecule has 2 atom stereocenters. The van der Waals surface area contributed by atoms with E-state index < -0.39 is 26.5 Å². The number of amides is 1. The number of rotatable bonds is 48. The van der Waals surface area contributed by atoms with Crippen LogP contribution in [0.25, 0.3) is 0 Å². The Morgan fingerprint density at radius 1 is 0.508 bits per heavy atom. The normalized spacial score (nSPS) is 13.4. The molecule has 0 fully saturated rings. The molecule has 9 nitrogen and oxygen atoms in total. The summed E-state index contributed by atoms with van der Waals surface area (Å²) in [6.45, 7) is 3.55. The molecule has 2 unspecified atom stereocenters. The van der Waals surface area contributed by atoms with Gasteiger partial charge >= 0.3 is 13.8 Å². The Morgan fingerprint density at radius 2 is 0.885 bits per heavy atom. The van der Waals surface area contributed by atoms with Gasteiger partial charge in [-0.2, -0.15) is 0 Å². The number of ether oxygens (including phenoxy) is 1. The van der Waals surface area contributed by atoms with Gasteiger partial charge in [-0.1, -0.05) is 198 Å². The Labute approximate surface area is 375 Å². The SMILES string of the molecule is CCCCC/C=C\C/C=C\CCCCCCCCCCCCCCCC(=O)OCC(O)COP(=O)(O)OCCNC(=O)CCCCCCCCC/C=C\CCCCCCCC. The van der Waals surface area contributed by atoms with Crippen LogP contribution in [-0.4, -0.2) is 54.3 Å². The van der Waals surface area contributed by atoms with Crippen LogP contribution in [0.2, 0.25) is 0 Å². The van der Waals surface area contributed by atoms with Gasteiger partial charge in [0.2, 0.25) is 5.91 Å². The maximum absolute atomic E-state index is 12.1. The van der Waals surface area contributed by atoms with E-state index in [0.717, 1.165) is 44.9 Å². The predicted octanol–water partition coefficient (Wildman–Crippen LogP) is 14.9. The number of allylic oxidation sites excluding steroid dienone is 6. The summed E-state index contributed by atoms with van der Waals surface area (Å²) < 4.78 is 27.0. The average molecular weight is 882 g/mol. The molecule has 0 bridgehead atoms. The van der Waals surface area contributed by atoms with Crippen LogP contribution in [0.4, 0.5) is 0 Å². The number of hydrogen-bond acceptors (Lipinski definition) is 7. The summed E-state index contributed by atoms with van der Waals surface area (Å²) >= 11 is 0. The first-order chi connectivity index (χ1) is 29.8. The van der Waals surface area contributed by atoms with E-state index in [0.29, 0.717) is 6.42 Å². The lowest BCUT2D eigenvalue weighted by molar-refractivity contribution is -0.147. The first kappa shape index (κ1) is 59.2. The lowest BCUT2D eigenvalue weighted by atomic mass is 10.0.